The van der Waals surface area contributed by atoms with E-state index >= 15 is 0 Å². The van der Waals surface area contributed by atoms with Crippen molar-refractivity contribution in [1.82, 2.24) is 15.1 Å². The summed E-state index contributed by atoms with van der Waals surface area (Å²) in [7, 11) is 1.76. The molecule has 0 spiro atoms. The molecule has 2 aromatic rings. The van der Waals surface area contributed by atoms with Crippen molar-refractivity contribution in [1.29, 1.82) is 0 Å². The zero-order valence-electron chi connectivity index (χ0n) is 17.6. The number of morpholine rings is 1. The van der Waals surface area contributed by atoms with Gasteiger partial charge in [-0.25, -0.2) is 8.78 Å². The molecule has 4 rings (SSSR count). The van der Waals surface area contributed by atoms with Gasteiger partial charge < -0.3 is 15.0 Å². The molecule has 5 nitrogen and oxygen atoms in total. The zero-order valence-corrected chi connectivity index (χ0v) is 20.0. The maximum atomic E-state index is 13.9. The third-order valence-corrected chi connectivity index (χ3v) is 5.85. The summed E-state index contributed by atoms with van der Waals surface area (Å²) < 4.78 is 33.0. The molecule has 0 bridgehead atoms. The smallest absolute Gasteiger partial charge is 0.193 e. The number of fused-ring (bicyclic) bond motifs is 1. The minimum atomic E-state index is -0.556. The largest absolute Gasteiger partial charge is 0.373 e. The van der Waals surface area contributed by atoms with E-state index in [9.17, 15) is 8.78 Å². The Balaban J connectivity index is 0.00000272. The maximum Gasteiger partial charge on any atom is 0.193 e. The Morgan fingerprint density at radius 1 is 1.16 bits per heavy atom. The summed E-state index contributed by atoms with van der Waals surface area (Å²) in [6.07, 6.45) is 0.609. The van der Waals surface area contributed by atoms with Gasteiger partial charge in [0.25, 0.3) is 0 Å². The van der Waals surface area contributed by atoms with Crippen molar-refractivity contribution in [3.05, 3.63) is 71.3 Å². The molecule has 2 fully saturated rings. The molecule has 0 aliphatic carbocycles. The number of nitrogens with one attached hydrogen (secondary N) is 1. The van der Waals surface area contributed by atoms with Crippen LogP contribution in [0.4, 0.5) is 8.78 Å². The van der Waals surface area contributed by atoms with Gasteiger partial charge in [-0.3, -0.25) is 9.89 Å². The van der Waals surface area contributed by atoms with Crippen LogP contribution in [0.2, 0.25) is 0 Å². The van der Waals surface area contributed by atoms with Crippen molar-refractivity contribution in [2.75, 3.05) is 39.8 Å². The molecule has 0 radical (unpaired) electrons. The van der Waals surface area contributed by atoms with Gasteiger partial charge in [0.05, 0.1) is 18.8 Å². The van der Waals surface area contributed by atoms with Gasteiger partial charge in [-0.15, -0.1) is 24.0 Å². The minimum Gasteiger partial charge on any atom is -0.373 e. The molecule has 168 valence electrons. The lowest BCUT2D eigenvalue weighted by molar-refractivity contribution is -0.0502. The molecule has 2 saturated heterocycles. The van der Waals surface area contributed by atoms with Gasteiger partial charge in [0.1, 0.15) is 11.6 Å². The Morgan fingerprint density at radius 3 is 2.71 bits per heavy atom. The predicted octanol–water partition coefficient (Wildman–Crippen LogP) is 3.29. The number of hydrogen-bond donors (Lipinski definition) is 1. The molecule has 2 aliphatic heterocycles. The van der Waals surface area contributed by atoms with E-state index in [0.717, 1.165) is 44.8 Å². The topological polar surface area (TPSA) is 40.1 Å². The quantitative estimate of drug-likeness (QED) is 0.358. The van der Waals surface area contributed by atoms with Crippen LogP contribution in [0.15, 0.2) is 53.5 Å². The summed E-state index contributed by atoms with van der Waals surface area (Å²) in [5.74, 6) is -0.279. The van der Waals surface area contributed by atoms with Crippen LogP contribution in [-0.4, -0.2) is 67.7 Å². The van der Waals surface area contributed by atoms with Crippen LogP contribution >= 0.6 is 24.0 Å². The van der Waals surface area contributed by atoms with Gasteiger partial charge >= 0.3 is 0 Å². The highest BCUT2D eigenvalue weighted by Gasteiger charge is 2.41. The summed E-state index contributed by atoms with van der Waals surface area (Å²) in [5.41, 5.74) is 1.80. The number of nitrogens with zero attached hydrogens (tertiary/aromatic N) is 3. The summed E-state index contributed by atoms with van der Waals surface area (Å²) in [4.78, 5) is 9.11. The Bertz CT molecular complexity index is 883. The van der Waals surface area contributed by atoms with Gasteiger partial charge in [0.15, 0.2) is 5.96 Å². The van der Waals surface area contributed by atoms with Gasteiger partial charge in [-0.1, -0.05) is 36.4 Å². The molecule has 31 heavy (non-hydrogen) atoms. The number of likely N-dealkylation sites (tertiary alicyclic amines) is 1. The maximum absolute atomic E-state index is 13.9. The van der Waals surface area contributed by atoms with E-state index < -0.39 is 11.6 Å². The van der Waals surface area contributed by atoms with Crippen LogP contribution in [0.25, 0.3) is 0 Å². The normalized spacial score (nSPS) is 21.5. The zero-order chi connectivity index (χ0) is 20.9. The molecule has 2 aliphatic rings. The van der Waals surface area contributed by atoms with E-state index in [-0.39, 0.29) is 30.1 Å². The molecule has 2 aromatic carbocycles. The van der Waals surface area contributed by atoms with E-state index in [0.29, 0.717) is 24.6 Å². The SMILES string of the molecule is CN=C(NCCc1ccc(F)cc1F)N1CC2OCCN(Cc3ccccc3)C2C1.I. The van der Waals surface area contributed by atoms with Crippen LogP contribution in [0.3, 0.4) is 0 Å². The Labute approximate surface area is 199 Å². The second-order valence-electron chi connectivity index (χ2n) is 7.80. The van der Waals surface area contributed by atoms with Gasteiger partial charge in [0.2, 0.25) is 0 Å². The summed E-state index contributed by atoms with van der Waals surface area (Å²) >= 11 is 0. The minimum absolute atomic E-state index is 0. The second kappa shape index (κ2) is 11.2. The Hall–Kier alpha value is -1.78. The molecule has 1 N–H and O–H groups in total. The van der Waals surface area contributed by atoms with Crippen molar-refractivity contribution in [2.45, 2.75) is 25.1 Å². The van der Waals surface area contributed by atoms with E-state index in [1.807, 2.05) is 6.07 Å². The highest BCUT2D eigenvalue weighted by Crippen LogP contribution is 2.24. The number of hydrogen-bond acceptors (Lipinski definition) is 3. The standard InChI is InChI=1S/C23H28F2N4O.HI/c1-26-23(27-10-9-18-7-8-19(24)13-20(18)25)29-15-21-22(16-29)30-12-11-28(21)14-17-5-3-2-4-6-17;/h2-8,13,21-22H,9-12,14-16H2,1H3,(H,26,27);1H. The fraction of sp³-hybridized carbons (Fsp3) is 0.435. The molecular weight excluding hydrogens is 513 g/mol. The van der Waals surface area contributed by atoms with Crippen LogP contribution in [0, 0.1) is 11.6 Å². The summed E-state index contributed by atoms with van der Waals surface area (Å²) in [6.45, 7) is 4.70. The molecule has 0 amide bonds. The fourth-order valence-corrected chi connectivity index (χ4v) is 4.31. The molecular formula is C23H29F2IN4O. The van der Waals surface area contributed by atoms with E-state index in [1.54, 1.807) is 7.05 Å². The first-order valence-electron chi connectivity index (χ1n) is 10.4. The molecule has 0 aromatic heterocycles. The lowest BCUT2D eigenvalue weighted by Gasteiger charge is -2.36. The van der Waals surface area contributed by atoms with Gasteiger partial charge in [-0.05, 0) is 23.6 Å². The molecule has 2 heterocycles. The third-order valence-electron chi connectivity index (χ3n) is 5.85. The number of rotatable bonds is 5. The van der Waals surface area contributed by atoms with Crippen LogP contribution in [-0.2, 0) is 17.7 Å². The summed E-state index contributed by atoms with van der Waals surface area (Å²) in [6, 6.07) is 14.5. The third kappa shape index (κ3) is 5.93. The van der Waals surface area contributed by atoms with Crippen molar-refractivity contribution >= 4 is 29.9 Å². The van der Waals surface area contributed by atoms with Crippen LogP contribution < -0.4 is 5.32 Å². The lowest BCUT2D eigenvalue weighted by Crippen LogP contribution is -2.50. The first-order chi connectivity index (χ1) is 14.6. The van der Waals surface area contributed by atoms with Gasteiger partial charge in [-0.2, -0.15) is 0 Å². The molecule has 0 saturated carbocycles. The van der Waals surface area contributed by atoms with Gasteiger partial charge in [0, 0.05) is 45.8 Å². The van der Waals surface area contributed by atoms with Crippen molar-refractivity contribution in [3.63, 3.8) is 0 Å². The van der Waals surface area contributed by atoms with E-state index in [2.05, 4.69) is 44.4 Å². The van der Waals surface area contributed by atoms with Crippen molar-refractivity contribution in [2.24, 2.45) is 4.99 Å². The number of ether oxygens (including phenoxy) is 1. The highest BCUT2D eigenvalue weighted by atomic mass is 127. The fourth-order valence-electron chi connectivity index (χ4n) is 4.31. The second-order valence-corrected chi connectivity index (χ2v) is 7.80. The molecule has 2 unspecified atom stereocenters. The van der Waals surface area contributed by atoms with E-state index in [4.69, 9.17) is 4.74 Å². The molecule has 2 atom stereocenters. The Morgan fingerprint density at radius 2 is 1.97 bits per heavy atom. The van der Waals surface area contributed by atoms with E-state index in [1.165, 1.54) is 17.7 Å². The number of aliphatic imine (C=N–C) groups is 1. The highest BCUT2D eigenvalue weighted by molar-refractivity contribution is 14.0. The average Bonchev–Trinajstić information content (AvgIpc) is 3.18. The number of guanidine groups is 1. The number of halogens is 3. The first kappa shape index (κ1) is 23.9. The number of benzene rings is 2. The predicted molar refractivity (Wildman–Crippen MR) is 129 cm³/mol. The average molecular weight is 542 g/mol. The van der Waals surface area contributed by atoms with Crippen LogP contribution in [0.5, 0.6) is 0 Å². The first-order valence-corrected chi connectivity index (χ1v) is 10.4. The Kier molecular flexibility index (Phi) is 8.62. The monoisotopic (exact) mass is 542 g/mol. The van der Waals surface area contributed by atoms with Crippen molar-refractivity contribution in [3.8, 4) is 0 Å². The lowest BCUT2D eigenvalue weighted by atomic mass is 10.1. The molecule has 8 heteroatoms. The van der Waals surface area contributed by atoms with Crippen LogP contribution in [0.1, 0.15) is 11.1 Å². The summed E-state index contributed by atoms with van der Waals surface area (Å²) in [5, 5.41) is 3.32. The van der Waals surface area contributed by atoms with Crippen molar-refractivity contribution < 1.29 is 13.5 Å².